The zero-order valence-corrected chi connectivity index (χ0v) is 25.0. The number of likely N-dealkylation sites (tertiary alicyclic amines) is 1. The number of fused-ring (bicyclic) bond motifs is 1. The molecule has 2 aromatic heterocycles. The normalized spacial score (nSPS) is 15.2. The van der Waals surface area contributed by atoms with Crippen molar-refractivity contribution in [3.8, 4) is 11.5 Å². The van der Waals surface area contributed by atoms with E-state index in [9.17, 15) is 4.79 Å². The monoisotopic (exact) mass is 602 g/mol. The third kappa shape index (κ3) is 7.98. The van der Waals surface area contributed by atoms with Gasteiger partial charge in [0.05, 0.1) is 33.9 Å². The van der Waals surface area contributed by atoms with E-state index in [-0.39, 0.29) is 11.9 Å². The van der Waals surface area contributed by atoms with Crippen LogP contribution in [0.5, 0.6) is 11.5 Å². The van der Waals surface area contributed by atoms with E-state index in [0.717, 1.165) is 25.1 Å². The molecule has 11 heteroatoms. The average Bonchev–Trinajstić information content (AvgIpc) is 3.43. The Kier molecular flexibility index (Phi) is 10.4. The van der Waals surface area contributed by atoms with E-state index in [0.29, 0.717) is 70.9 Å². The molecule has 3 heterocycles. The molecule has 2 N–H and O–H groups in total. The Morgan fingerprint density at radius 2 is 2.02 bits per heavy atom. The van der Waals surface area contributed by atoms with Crippen LogP contribution in [0.4, 0.5) is 17.2 Å². The van der Waals surface area contributed by atoms with E-state index >= 15 is 0 Å². The SMILES string of the molecule is COCCCOc1c(NC(=O)/C=C/[C@H]2CCCN2C)ccc2ncnc(Nc3ccc(OCc4ccccn4)c(Cl)c3)c12. The van der Waals surface area contributed by atoms with Gasteiger partial charge in [-0.1, -0.05) is 23.7 Å². The van der Waals surface area contributed by atoms with Gasteiger partial charge in [0, 0.05) is 44.1 Å². The fraction of sp³-hybridized carbons (Fsp3) is 0.312. The fourth-order valence-electron chi connectivity index (χ4n) is 4.86. The molecule has 0 bridgehead atoms. The van der Waals surface area contributed by atoms with Crippen molar-refractivity contribution < 1.29 is 19.0 Å². The first-order chi connectivity index (χ1) is 21.0. The Balaban J connectivity index is 1.39. The van der Waals surface area contributed by atoms with Crippen LogP contribution in [0.15, 0.2) is 73.2 Å². The second-order valence-corrected chi connectivity index (χ2v) is 10.6. The first-order valence-electron chi connectivity index (χ1n) is 14.2. The molecule has 0 saturated carbocycles. The molecule has 1 saturated heterocycles. The van der Waals surface area contributed by atoms with E-state index in [1.165, 1.54) is 6.33 Å². The zero-order chi connectivity index (χ0) is 30.0. The quantitative estimate of drug-likeness (QED) is 0.140. The smallest absolute Gasteiger partial charge is 0.248 e. The van der Waals surface area contributed by atoms with Gasteiger partial charge in [-0.15, -0.1) is 0 Å². The number of carbonyl (C=O) groups is 1. The molecule has 5 rings (SSSR count). The number of carbonyl (C=O) groups excluding carboxylic acids is 1. The van der Waals surface area contributed by atoms with Gasteiger partial charge in [-0.2, -0.15) is 0 Å². The molecule has 1 fully saturated rings. The van der Waals surface area contributed by atoms with Crippen molar-refractivity contribution in [1.29, 1.82) is 0 Å². The number of likely N-dealkylation sites (N-methyl/N-ethyl adjacent to an activating group) is 1. The number of anilines is 3. The van der Waals surface area contributed by atoms with Crippen LogP contribution in [0, 0.1) is 0 Å². The number of hydrogen-bond donors (Lipinski definition) is 2. The number of halogens is 1. The van der Waals surface area contributed by atoms with Gasteiger partial charge >= 0.3 is 0 Å². The molecule has 1 aliphatic heterocycles. The van der Waals surface area contributed by atoms with Crippen molar-refractivity contribution in [3.05, 3.63) is 83.9 Å². The molecule has 2 aromatic carbocycles. The van der Waals surface area contributed by atoms with Gasteiger partial charge in [-0.3, -0.25) is 14.7 Å². The van der Waals surface area contributed by atoms with E-state index in [1.807, 2.05) is 36.4 Å². The Morgan fingerprint density at radius 3 is 2.79 bits per heavy atom. The molecule has 0 spiro atoms. The van der Waals surface area contributed by atoms with Gasteiger partial charge in [0.1, 0.15) is 24.5 Å². The van der Waals surface area contributed by atoms with Crippen molar-refractivity contribution in [1.82, 2.24) is 19.9 Å². The molecule has 10 nitrogen and oxygen atoms in total. The van der Waals surface area contributed by atoms with Crippen LogP contribution in [0.25, 0.3) is 10.9 Å². The predicted octanol–water partition coefficient (Wildman–Crippen LogP) is 6.01. The molecule has 43 heavy (non-hydrogen) atoms. The standard InChI is InChI=1S/C32H35ClN6O4/c1-39-16-5-8-24(39)10-14-29(40)38-27-12-11-26-30(31(27)42-18-6-17-41-2)32(36-21-35-26)37-22-9-13-28(25(33)19-22)43-20-23-7-3-4-15-34-23/h3-4,7,9-15,19,21,24H,5-6,8,16-18,20H2,1-2H3,(H,38,40)(H,35,36,37)/b14-10+/t24-/m1/s1. The number of rotatable bonds is 13. The summed E-state index contributed by atoms with van der Waals surface area (Å²) in [7, 11) is 3.72. The maximum absolute atomic E-state index is 13.0. The van der Waals surface area contributed by atoms with Crippen LogP contribution in [0.3, 0.4) is 0 Å². The highest BCUT2D eigenvalue weighted by Gasteiger charge is 2.20. The number of amides is 1. The van der Waals surface area contributed by atoms with Crippen LogP contribution in [-0.2, 0) is 16.1 Å². The summed E-state index contributed by atoms with van der Waals surface area (Å²) >= 11 is 6.57. The number of nitrogens with zero attached hydrogens (tertiary/aromatic N) is 4. The highest BCUT2D eigenvalue weighted by Crippen LogP contribution is 2.39. The minimum atomic E-state index is -0.235. The topological polar surface area (TPSA) is 111 Å². The van der Waals surface area contributed by atoms with Gasteiger partial charge in [-0.05, 0) is 68.9 Å². The third-order valence-corrected chi connectivity index (χ3v) is 7.39. The third-order valence-electron chi connectivity index (χ3n) is 7.10. The van der Waals surface area contributed by atoms with Crippen molar-refractivity contribution in [2.45, 2.75) is 31.9 Å². The number of benzene rings is 2. The minimum Gasteiger partial charge on any atom is -0.490 e. The highest BCUT2D eigenvalue weighted by atomic mass is 35.5. The van der Waals surface area contributed by atoms with Crippen molar-refractivity contribution in [2.24, 2.45) is 0 Å². The number of aromatic nitrogens is 3. The van der Waals surface area contributed by atoms with E-state index in [2.05, 4.69) is 37.5 Å². The molecule has 1 aliphatic rings. The Labute approximate surface area is 256 Å². The summed E-state index contributed by atoms with van der Waals surface area (Å²) in [4.78, 5) is 28.4. The van der Waals surface area contributed by atoms with Crippen LogP contribution in [-0.4, -0.2) is 65.7 Å². The maximum Gasteiger partial charge on any atom is 0.248 e. The second kappa shape index (κ2) is 14.8. The molecule has 0 unspecified atom stereocenters. The molecule has 0 radical (unpaired) electrons. The summed E-state index contributed by atoms with van der Waals surface area (Å²) < 4.78 is 17.3. The molecule has 1 amide bonds. The lowest BCUT2D eigenvalue weighted by Gasteiger charge is -2.17. The van der Waals surface area contributed by atoms with Gasteiger partial charge in [0.2, 0.25) is 5.91 Å². The lowest BCUT2D eigenvalue weighted by molar-refractivity contribution is -0.112. The average molecular weight is 603 g/mol. The highest BCUT2D eigenvalue weighted by molar-refractivity contribution is 6.32. The molecule has 1 atom stereocenters. The second-order valence-electron chi connectivity index (χ2n) is 10.2. The molecule has 0 aliphatic carbocycles. The number of pyridine rings is 1. The Hall–Kier alpha value is -4.25. The molecular formula is C32H35ClN6O4. The number of methoxy groups -OCH3 is 1. The largest absolute Gasteiger partial charge is 0.490 e. The molecule has 224 valence electrons. The van der Waals surface area contributed by atoms with Gasteiger partial charge in [0.25, 0.3) is 0 Å². The zero-order valence-electron chi connectivity index (χ0n) is 24.3. The van der Waals surface area contributed by atoms with E-state index in [1.54, 1.807) is 37.6 Å². The predicted molar refractivity (Wildman–Crippen MR) is 168 cm³/mol. The fourth-order valence-corrected chi connectivity index (χ4v) is 5.10. The molecular weight excluding hydrogens is 568 g/mol. The Morgan fingerprint density at radius 1 is 1.12 bits per heavy atom. The van der Waals surface area contributed by atoms with Crippen molar-refractivity contribution >= 4 is 45.6 Å². The minimum absolute atomic E-state index is 0.235. The number of nitrogens with one attached hydrogen (secondary N) is 2. The lowest BCUT2D eigenvalue weighted by Crippen LogP contribution is -2.23. The van der Waals surface area contributed by atoms with Crippen LogP contribution in [0.2, 0.25) is 5.02 Å². The van der Waals surface area contributed by atoms with Gasteiger partial charge in [0.15, 0.2) is 5.75 Å². The summed E-state index contributed by atoms with van der Waals surface area (Å²) in [6, 6.07) is 14.9. The van der Waals surface area contributed by atoms with Crippen LogP contribution < -0.4 is 20.1 Å². The summed E-state index contributed by atoms with van der Waals surface area (Å²) in [5.74, 6) is 1.28. The van der Waals surface area contributed by atoms with Crippen LogP contribution in [0.1, 0.15) is 25.0 Å². The van der Waals surface area contributed by atoms with E-state index in [4.69, 9.17) is 25.8 Å². The number of ether oxygens (including phenoxy) is 3. The first kappa shape index (κ1) is 30.2. The summed E-state index contributed by atoms with van der Waals surface area (Å²) in [5.41, 5.74) is 2.67. The van der Waals surface area contributed by atoms with Gasteiger partial charge < -0.3 is 24.8 Å². The first-order valence-corrected chi connectivity index (χ1v) is 14.6. The summed E-state index contributed by atoms with van der Waals surface area (Å²) in [6.45, 7) is 2.25. The Bertz CT molecular complexity index is 1570. The van der Waals surface area contributed by atoms with Gasteiger partial charge in [-0.25, -0.2) is 9.97 Å². The van der Waals surface area contributed by atoms with E-state index < -0.39 is 0 Å². The van der Waals surface area contributed by atoms with Crippen LogP contribution >= 0.6 is 11.6 Å². The summed E-state index contributed by atoms with van der Waals surface area (Å²) in [5, 5.41) is 7.39. The number of hydrogen-bond acceptors (Lipinski definition) is 9. The molecule has 4 aromatic rings. The summed E-state index contributed by atoms with van der Waals surface area (Å²) in [6.07, 6.45) is 9.57. The van der Waals surface area contributed by atoms with Crippen molar-refractivity contribution in [2.75, 3.05) is 44.5 Å². The maximum atomic E-state index is 13.0. The lowest BCUT2D eigenvalue weighted by atomic mass is 10.1. The van der Waals surface area contributed by atoms with Crippen molar-refractivity contribution in [3.63, 3.8) is 0 Å².